The second kappa shape index (κ2) is 6.34. The van der Waals surface area contributed by atoms with E-state index in [0.717, 1.165) is 5.56 Å². The van der Waals surface area contributed by atoms with Crippen LogP contribution in [0.4, 0.5) is 0 Å². The number of hydrogen-bond acceptors (Lipinski definition) is 5. The molecule has 0 saturated carbocycles. The Labute approximate surface area is 128 Å². The van der Waals surface area contributed by atoms with Crippen LogP contribution in [0.25, 0.3) is 11.3 Å². The van der Waals surface area contributed by atoms with Gasteiger partial charge in [0.1, 0.15) is 28.6 Å². The van der Waals surface area contributed by atoms with Crippen LogP contribution in [-0.4, -0.2) is 37.4 Å². The number of aromatic carboxylic acids is 1. The molecule has 0 fully saturated rings. The first-order chi connectivity index (χ1) is 10.5. The van der Waals surface area contributed by atoms with E-state index in [9.17, 15) is 4.79 Å². The molecule has 0 saturated heterocycles. The normalized spacial score (nSPS) is 10.2. The molecule has 1 aromatic heterocycles. The smallest absolute Gasteiger partial charge is 0.354 e. The Morgan fingerprint density at radius 1 is 1.00 bits per heavy atom. The molecule has 6 nitrogen and oxygen atoms in total. The second-order valence-electron chi connectivity index (χ2n) is 4.60. The molecule has 0 atom stereocenters. The molecular weight excluding hydrogens is 286 g/mol. The zero-order chi connectivity index (χ0) is 16.3. The fourth-order valence-corrected chi connectivity index (χ4v) is 2.19. The maximum atomic E-state index is 11.2. The number of aryl methyl sites for hydroxylation is 1. The summed E-state index contributed by atoms with van der Waals surface area (Å²) in [5.74, 6) is 0.384. The van der Waals surface area contributed by atoms with Crippen LogP contribution in [-0.2, 0) is 0 Å². The fraction of sp³-hybridized carbons (Fsp3) is 0.250. The van der Waals surface area contributed by atoms with Gasteiger partial charge in [-0.3, -0.25) is 0 Å². The summed E-state index contributed by atoms with van der Waals surface area (Å²) in [7, 11) is 4.56. The first-order valence-electron chi connectivity index (χ1n) is 6.53. The van der Waals surface area contributed by atoms with Gasteiger partial charge in [-0.1, -0.05) is 0 Å². The highest BCUT2D eigenvalue weighted by Crippen LogP contribution is 2.42. The third kappa shape index (κ3) is 2.81. The van der Waals surface area contributed by atoms with Crippen LogP contribution < -0.4 is 14.2 Å². The van der Waals surface area contributed by atoms with Crippen LogP contribution in [0.5, 0.6) is 17.2 Å². The Morgan fingerprint density at radius 3 is 2.00 bits per heavy atom. The molecule has 0 radical (unpaired) electrons. The Kier molecular flexibility index (Phi) is 4.50. The number of nitrogens with zero attached hydrogens (tertiary/aromatic N) is 1. The summed E-state index contributed by atoms with van der Waals surface area (Å²) in [6.45, 7) is 1.91. The standard InChI is InChI=1S/C16H17NO5/c1-9-7-12(21-3)14(13(8-9)22-4)15-11(20-2)6-5-10(17-15)16(18)19/h5-8H,1-4H3,(H,18,19). The van der Waals surface area contributed by atoms with E-state index < -0.39 is 5.97 Å². The lowest BCUT2D eigenvalue weighted by molar-refractivity contribution is 0.0690. The maximum absolute atomic E-state index is 11.2. The van der Waals surface area contributed by atoms with Crippen LogP contribution >= 0.6 is 0 Å². The minimum absolute atomic E-state index is 0.0829. The molecule has 2 rings (SSSR count). The molecule has 6 heteroatoms. The molecule has 0 amide bonds. The molecule has 0 unspecified atom stereocenters. The van der Waals surface area contributed by atoms with Gasteiger partial charge in [-0.25, -0.2) is 9.78 Å². The van der Waals surface area contributed by atoms with E-state index in [0.29, 0.717) is 28.5 Å². The third-order valence-corrected chi connectivity index (χ3v) is 3.18. The minimum atomic E-state index is -1.12. The van der Waals surface area contributed by atoms with E-state index in [1.54, 1.807) is 6.07 Å². The van der Waals surface area contributed by atoms with Gasteiger partial charge in [0.2, 0.25) is 0 Å². The van der Waals surface area contributed by atoms with Crippen molar-refractivity contribution < 1.29 is 24.1 Å². The largest absolute Gasteiger partial charge is 0.496 e. The molecule has 0 aliphatic carbocycles. The van der Waals surface area contributed by atoms with Crippen molar-refractivity contribution in [1.82, 2.24) is 4.98 Å². The van der Waals surface area contributed by atoms with Gasteiger partial charge < -0.3 is 19.3 Å². The Hall–Kier alpha value is -2.76. The zero-order valence-corrected chi connectivity index (χ0v) is 12.8. The molecule has 1 aromatic carbocycles. The van der Waals surface area contributed by atoms with E-state index in [1.807, 2.05) is 19.1 Å². The molecule has 1 heterocycles. The summed E-state index contributed by atoms with van der Waals surface area (Å²) in [4.78, 5) is 15.4. The number of carbonyl (C=O) groups is 1. The molecule has 1 N–H and O–H groups in total. The number of ether oxygens (including phenoxy) is 3. The van der Waals surface area contributed by atoms with Gasteiger partial charge in [-0.15, -0.1) is 0 Å². The molecule has 116 valence electrons. The molecule has 0 aliphatic rings. The van der Waals surface area contributed by atoms with E-state index in [1.165, 1.54) is 27.4 Å². The lowest BCUT2D eigenvalue weighted by Gasteiger charge is -2.16. The lowest BCUT2D eigenvalue weighted by Crippen LogP contribution is -2.04. The zero-order valence-electron chi connectivity index (χ0n) is 12.8. The second-order valence-corrected chi connectivity index (χ2v) is 4.60. The van der Waals surface area contributed by atoms with Crippen molar-refractivity contribution in [2.24, 2.45) is 0 Å². The molecule has 0 bridgehead atoms. The highest BCUT2D eigenvalue weighted by molar-refractivity contribution is 5.88. The number of benzene rings is 1. The third-order valence-electron chi connectivity index (χ3n) is 3.18. The average Bonchev–Trinajstić information content (AvgIpc) is 2.53. The summed E-state index contributed by atoms with van der Waals surface area (Å²) in [5.41, 5.74) is 1.78. The summed E-state index contributed by atoms with van der Waals surface area (Å²) < 4.78 is 16.1. The predicted molar refractivity (Wildman–Crippen MR) is 81.0 cm³/mol. The topological polar surface area (TPSA) is 77.9 Å². The van der Waals surface area contributed by atoms with E-state index >= 15 is 0 Å². The van der Waals surface area contributed by atoms with Crippen LogP contribution in [0, 0.1) is 6.92 Å². The minimum Gasteiger partial charge on any atom is -0.496 e. The Morgan fingerprint density at radius 2 is 1.55 bits per heavy atom. The molecular formula is C16H17NO5. The van der Waals surface area contributed by atoms with Gasteiger partial charge in [0.25, 0.3) is 0 Å². The number of pyridine rings is 1. The Balaban J connectivity index is 2.79. The fourth-order valence-electron chi connectivity index (χ4n) is 2.19. The molecule has 0 spiro atoms. The number of rotatable bonds is 5. The maximum Gasteiger partial charge on any atom is 0.354 e. The monoisotopic (exact) mass is 303 g/mol. The Bertz CT molecular complexity index is 687. The quantitative estimate of drug-likeness (QED) is 0.915. The van der Waals surface area contributed by atoms with Crippen LogP contribution in [0.15, 0.2) is 24.3 Å². The average molecular weight is 303 g/mol. The van der Waals surface area contributed by atoms with Crippen molar-refractivity contribution in [2.45, 2.75) is 6.92 Å². The van der Waals surface area contributed by atoms with Crippen molar-refractivity contribution in [1.29, 1.82) is 0 Å². The van der Waals surface area contributed by atoms with E-state index in [-0.39, 0.29) is 5.69 Å². The molecule has 2 aromatic rings. The van der Waals surface area contributed by atoms with Gasteiger partial charge in [-0.05, 0) is 36.8 Å². The van der Waals surface area contributed by atoms with Crippen molar-refractivity contribution in [3.63, 3.8) is 0 Å². The SMILES string of the molecule is COc1ccc(C(=O)O)nc1-c1c(OC)cc(C)cc1OC. The summed E-state index contributed by atoms with van der Waals surface area (Å²) in [6, 6.07) is 6.60. The van der Waals surface area contributed by atoms with Gasteiger partial charge in [0.05, 0.1) is 26.9 Å². The van der Waals surface area contributed by atoms with Crippen LogP contribution in [0.2, 0.25) is 0 Å². The predicted octanol–water partition coefficient (Wildman–Crippen LogP) is 2.78. The van der Waals surface area contributed by atoms with E-state index in [2.05, 4.69) is 4.98 Å². The van der Waals surface area contributed by atoms with Crippen molar-refractivity contribution in [2.75, 3.05) is 21.3 Å². The van der Waals surface area contributed by atoms with Crippen molar-refractivity contribution in [3.8, 4) is 28.5 Å². The van der Waals surface area contributed by atoms with Gasteiger partial charge in [0.15, 0.2) is 0 Å². The summed E-state index contributed by atoms with van der Waals surface area (Å²) in [6.07, 6.45) is 0. The van der Waals surface area contributed by atoms with Crippen molar-refractivity contribution >= 4 is 5.97 Å². The van der Waals surface area contributed by atoms with Crippen LogP contribution in [0.1, 0.15) is 16.1 Å². The highest BCUT2D eigenvalue weighted by atomic mass is 16.5. The first-order valence-corrected chi connectivity index (χ1v) is 6.53. The molecule has 0 aliphatic heterocycles. The number of carboxylic acids is 1. The summed E-state index contributed by atoms with van der Waals surface area (Å²) >= 11 is 0. The number of hydrogen-bond donors (Lipinski definition) is 1. The first kappa shape index (κ1) is 15.6. The molecule has 22 heavy (non-hydrogen) atoms. The summed E-state index contributed by atoms with van der Waals surface area (Å²) in [5, 5.41) is 9.15. The van der Waals surface area contributed by atoms with Crippen molar-refractivity contribution in [3.05, 3.63) is 35.5 Å². The van der Waals surface area contributed by atoms with Gasteiger partial charge in [0, 0.05) is 0 Å². The highest BCUT2D eigenvalue weighted by Gasteiger charge is 2.21. The number of carboxylic acid groups (broad SMARTS) is 1. The number of methoxy groups -OCH3 is 3. The van der Waals surface area contributed by atoms with Crippen LogP contribution in [0.3, 0.4) is 0 Å². The van der Waals surface area contributed by atoms with E-state index in [4.69, 9.17) is 19.3 Å². The lowest BCUT2D eigenvalue weighted by atomic mass is 10.0. The van der Waals surface area contributed by atoms with Gasteiger partial charge in [-0.2, -0.15) is 0 Å². The number of aromatic nitrogens is 1. The van der Waals surface area contributed by atoms with Gasteiger partial charge >= 0.3 is 5.97 Å².